The highest BCUT2D eigenvalue weighted by Crippen LogP contribution is 2.13. The topological polar surface area (TPSA) is 99.7 Å². The molecule has 3 amide bonds. The molecule has 8 nitrogen and oxygen atoms in total. The molecular weight excluding hydrogens is 360 g/mol. The second kappa shape index (κ2) is 8.43. The van der Waals surface area contributed by atoms with Crippen LogP contribution in [-0.4, -0.2) is 65.0 Å². The molecule has 1 saturated heterocycles. The lowest BCUT2D eigenvalue weighted by atomic mass is 10.1. The number of carbonyl (C=O) groups is 4. The summed E-state index contributed by atoms with van der Waals surface area (Å²) in [5, 5.41) is 2.70. The molecule has 1 N–H and O–H groups in total. The minimum absolute atomic E-state index is 0.0558. The molecule has 3 rings (SSSR count). The van der Waals surface area contributed by atoms with Crippen LogP contribution in [-0.2, 0) is 4.79 Å². The van der Waals surface area contributed by atoms with E-state index in [0.29, 0.717) is 43.0 Å². The molecule has 1 aliphatic rings. The van der Waals surface area contributed by atoms with Gasteiger partial charge >= 0.3 is 0 Å². The van der Waals surface area contributed by atoms with Gasteiger partial charge in [-0.25, -0.2) is 0 Å². The first-order valence-electron chi connectivity index (χ1n) is 8.85. The Bertz CT molecular complexity index is 903. The van der Waals surface area contributed by atoms with Crippen molar-refractivity contribution < 1.29 is 19.2 Å². The summed E-state index contributed by atoms with van der Waals surface area (Å²) >= 11 is 0. The van der Waals surface area contributed by atoms with Gasteiger partial charge in [0.15, 0.2) is 5.78 Å². The van der Waals surface area contributed by atoms with Crippen LogP contribution in [0.3, 0.4) is 0 Å². The minimum atomic E-state index is -0.448. The van der Waals surface area contributed by atoms with Gasteiger partial charge in [-0.2, -0.15) is 0 Å². The molecule has 0 radical (unpaired) electrons. The summed E-state index contributed by atoms with van der Waals surface area (Å²) < 4.78 is 0. The van der Waals surface area contributed by atoms with Crippen molar-refractivity contribution in [3.05, 3.63) is 59.4 Å². The maximum atomic E-state index is 12.7. The third-order valence-corrected chi connectivity index (χ3v) is 4.54. The Morgan fingerprint density at radius 2 is 1.68 bits per heavy atom. The lowest BCUT2D eigenvalue weighted by Gasteiger charge is -2.32. The lowest BCUT2D eigenvalue weighted by Crippen LogP contribution is -2.48. The Kier molecular flexibility index (Phi) is 5.78. The number of amides is 3. The number of aromatic nitrogens is 1. The van der Waals surface area contributed by atoms with Crippen LogP contribution in [0.4, 0.5) is 5.69 Å². The van der Waals surface area contributed by atoms with Crippen molar-refractivity contribution in [2.75, 3.05) is 31.5 Å². The largest absolute Gasteiger partial charge is 0.342 e. The number of ketones is 1. The van der Waals surface area contributed by atoms with E-state index < -0.39 is 5.91 Å². The van der Waals surface area contributed by atoms with Crippen LogP contribution in [0.15, 0.2) is 42.6 Å². The first-order valence-corrected chi connectivity index (χ1v) is 8.85. The molecule has 2 aromatic rings. The van der Waals surface area contributed by atoms with E-state index >= 15 is 0 Å². The zero-order chi connectivity index (χ0) is 20.1. The van der Waals surface area contributed by atoms with E-state index in [1.54, 1.807) is 40.1 Å². The highest BCUT2D eigenvalue weighted by molar-refractivity contribution is 6.05. The summed E-state index contributed by atoms with van der Waals surface area (Å²) in [6, 6.07) is 9.54. The number of carbonyl (C=O) groups excluding carboxylic acids is 4. The van der Waals surface area contributed by atoms with E-state index in [4.69, 9.17) is 0 Å². The second-order valence-corrected chi connectivity index (χ2v) is 6.45. The third kappa shape index (κ3) is 4.40. The summed E-state index contributed by atoms with van der Waals surface area (Å²) in [5.74, 6) is -0.705. The predicted molar refractivity (Wildman–Crippen MR) is 102 cm³/mol. The summed E-state index contributed by atoms with van der Waals surface area (Å²) in [7, 11) is 0. The molecule has 144 valence electrons. The summed E-state index contributed by atoms with van der Waals surface area (Å²) in [4.78, 5) is 54.5. The Balaban J connectivity index is 1.68. The van der Waals surface area contributed by atoms with E-state index in [9.17, 15) is 19.2 Å². The summed E-state index contributed by atoms with van der Waals surface area (Å²) in [6.45, 7) is 3.35. The number of piperazine rings is 1. The maximum absolute atomic E-state index is 12.7. The molecule has 1 fully saturated rings. The van der Waals surface area contributed by atoms with Gasteiger partial charge in [0.25, 0.3) is 11.8 Å². The van der Waals surface area contributed by atoms with Crippen molar-refractivity contribution in [1.29, 1.82) is 0 Å². The molecule has 0 aliphatic carbocycles. The number of pyridine rings is 1. The molecule has 1 aromatic carbocycles. The number of Topliss-reactive ketones (excluding diaryl/α,β-unsaturated/α-hetero) is 1. The van der Waals surface area contributed by atoms with Crippen molar-refractivity contribution >= 4 is 29.7 Å². The molecule has 0 atom stereocenters. The maximum Gasteiger partial charge on any atom is 0.274 e. The van der Waals surface area contributed by atoms with E-state index in [-0.39, 0.29) is 17.4 Å². The lowest BCUT2D eigenvalue weighted by molar-refractivity contribution is -0.119. The fraction of sp³-hybridized carbons (Fsp3) is 0.250. The van der Waals surface area contributed by atoms with Crippen molar-refractivity contribution in [1.82, 2.24) is 14.8 Å². The smallest absolute Gasteiger partial charge is 0.274 e. The van der Waals surface area contributed by atoms with Crippen LogP contribution in [0.25, 0.3) is 0 Å². The first-order chi connectivity index (χ1) is 13.5. The van der Waals surface area contributed by atoms with Gasteiger partial charge in [-0.1, -0.05) is 0 Å². The second-order valence-electron chi connectivity index (χ2n) is 6.45. The normalized spacial score (nSPS) is 13.8. The van der Waals surface area contributed by atoms with E-state index in [1.165, 1.54) is 19.2 Å². The van der Waals surface area contributed by atoms with Crippen LogP contribution in [0.2, 0.25) is 0 Å². The molecule has 0 spiro atoms. The van der Waals surface area contributed by atoms with Crippen molar-refractivity contribution in [3.63, 3.8) is 0 Å². The number of nitrogens with one attached hydrogen (secondary N) is 1. The SMILES string of the molecule is CC(=O)c1ccc(NC(=O)c2cc(C(=O)N3CCN(C=O)CC3)ccn2)cc1. The molecule has 0 bridgehead atoms. The van der Waals surface area contributed by atoms with Crippen LogP contribution in [0.5, 0.6) is 0 Å². The van der Waals surface area contributed by atoms with Crippen molar-refractivity contribution in [2.45, 2.75) is 6.92 Å². The molecule has 2 heterocycles. The highest BCUT2D eigenvalue weighted by Gasteiger charge is 2.22. The van der Waals surface area contributed by atoms with Gasteiger partial charge in [-0.3, -0.25) is 24.2 Å². The number of hydrogen-bond acceptors (Lipinski definition) is 5. The number of nitrogens with zero attached hydrogens (tertiary/aromatic N) is 3. The highest BCUT2D eigenvalue weighted by atomic mass is 16.2. The van der Waals surface area contributed by atoms with Crippen LogP contribution >= 0.6 is 0 Å². The van der Waals surface area contributed by atoms with Gasteiger partial charge in [-0.15, -0.1) is 0 Å². The van der Waals surface area contributed by atoms with E-state index in [2.05, 4.69) is 10.3 Å². The first kappa shape index (κ1) is 19.2. The van der Waals surface area contributed by atoms with E-state index in [1.807, 2.05) is 0 Å². The Labute approximate surface area is 162 Å². The van der Waals surface area contributed by atoms with Crippen LogP contribution in [0, 0.1) is 0 Å². The minimum Gasteiger partial charge on any atom is -0.342 e. The number of benzene rings is 1. The molecule has 0 saturated carbocycles. The van der Waals surface area contributed by atoms with Crippen LogP contribution in [0.1, 0.15) is 38.1 Å². The number of hydrogen-bond donors (Lipinski definition) is 1. The van der Waals surface area contributed by atoms with Gasteiger partial charge < -0.3 is 15.1 Å². The fourth-order valence-corrected chi connectivity index (χ4v) is 2.88. The van der Waals surface area contributed by atoms with Gasteiger partial charge in [0, 0.05) is 49.2 Å². The average molecular weight is 380 g/mol. The standard InChI is InChI=1S/C20H20N4O4/c1-14(26)15-2-4-17(5-3-15)22-19(27)18-12-16(6-7-21-18)20(28)24-10-8-23(13-25)9-11-24/h2-7,12-13H,8-11H2,1H3,(H,22,27). The fourth-order valence-electron chi connectivity index (χ4n) is 2.88. The van der Waals surface area contributed by atoms with Gasteiger partial charge in [-0.05, 0) is 43.3 Å². The van der Waals surface area contributed by atoms with Crippen LogP contribution < -0.4 is 5.32 Å². The molecule has 0 unspecified atom stereocenters. The zero-order valence-corrected chi connectivity index (χ0v) is 15.4. The molecule has 1 aliphatic heterocycles. The Morgan fingerprint density at radius 3 is 2.29 bits per heavy atom. The number of rotatable bonds is 5. The monoisotopic (exact) mass is 380 g/mol. The average Bonchev–Trinajstić information content (AvgIpc) is 2.73. The molecular formula is C20H20N4O4. The van der Waals surface area contributed by atoms with Gasteiger partial charge in [0.05, 0.1) is 0 Å². The predicted octanol–water partition coefficient (Wildman–Crippen LogP) is 1.45. The Hall–Kier alpha value is -3.55. The quantitative estimate of drug-likeness (QED) is 0.625. The van der Waals surface area contributed by atoms with Gasteiger partial charge in [0.2, 0.25) is 6.41 Å². The Morgan fingerprint density at radius 1 is 1.00 bits per heavy atom. The van der Waals surface area contributed by atoms with E-state index in [0.717, 1.165) is 6.41 Å². The number of anilines is 1. The summed E-state index contributed by atoms with van der Waals surface area (Å²) in [5.41, 5.74) is 1.57. The molecule has 8 heteroatoms. The third-order valence-electron chi connectivity index (χ3n) is 4.54. The molecule has 1 aromatic heterocycles. The van der Waals surface area contributed by atoms with Crippen molar-refractivity contribution in [2.24, 2.45) is 0 Å². The van der Waals surface area contributed by atoms with Crippen molar-refractivity contribution in [3.8, 4) is 0 Å². The van der Waals surface area contributed by atoms with Gasteiger partial charge in [0.1, 0.15) is 5.69 Å². The summed E-state index contributed by atoms with van der Waals surface area (Å²) in [6.07, 6.45) is 2.20. The molecule has 28 heavy (non-hydrogen) atoms. The zero-order valence-electron chi connectivity index (χ0n) is 15.4.